The van der Waals surface area contributed by atoms with Crippen molar-refractivity contribution in [1.82, 2.24) is 0 Å². The molecule has 1 fully saturated rings. The van der Waals surface area contributed by atoms with Gasteiger partial charge in [-0.15, -0.1) is 0 Å². The van der Waals surface area contributed by atoms with Crippen molar-refractivity contribution in [3.05, 3.63) is 71.1 Å². The van der Waals surface area contributed by atoms with Crippen molar-refractivity contribution in [2.75, 3.05) is 19.1 Å². The summed E-state index contributed by atoms with van der Waals surface area (Å²) < 4.78 is 11.2. The number of anilines is 1. The van der Waals surface area contributed by atoms with Crippen LogP contribution in [-0.4, -0.2) is 24.4 Å². The highest BCUT2D eigenvalue weighted by atomic mass is 32.2. The Labute approximate surface area is 172 Å². The van der Waals surface area contributed by atoms with E-state index in [0.29, 0.717) is 20.7 Å². The lowest BCUT2D eigenvalue weighted by molar-refractivity contribution is -0.113. The number of nitrogens with zero attached hydrogens (tertiary/aromatic N) is 1. The maximum atomic E-state index is 13.1. The summed E-state index contributed by atoms with van der Waals surface area (Å²) in [6.07, 6.45) is 1.79. The van der Waals surface area contributed by atoms with Crippen LogP contribution in [0.5, 0.6) is 11.5 Å². The zero-order valence-corrected chi connectivity index (χ0v) is 17.0. The summed E-state index contributed by atoms with van der Waals surface area (Å²) in [5.74, 6) is 1.21. The Bertz CT molecular complexity index is 1120. The number of thioether (sulfide) groups is 1. The average molecular weight is 408 g/mol. The van der Waals surface area contributed by atoms with E-state index in [-0.39, 0.29) is 5.91 Å². The van der Waals surface area contributed by atoms with Gasteiger partial charge in [0, 0.05) is 5.56 Å². The van der Waals surface area contributed by atoms with Gasteiger partial charge in [-0.1, -0.05) is 54.3 Å². The van der Waals surface area contributed by atoms with Gasteiger partial charge in [0.2, 0.25) is 0 Å². The molecule has 3 aromatic carbocycles. The molecule has 3 aromatic rings. The minimum atomic E-state index is -0.143. The summed E-state index contributed by atoms with van der Waals surface area (Å²) >= 11 is 6.78. The topological polar surface area (TPSA) is 38.8 Å². The standard InChI is InChI=1S/C22H17NO3S2/c1-25-18-9-10-19(26-2)16(12-18)13-20-21(24)23(22(27)28-20)17-8-7-14-5-3-4-6-15(14)11-17/h3-13H,1-2H3/b20-13-. The van der Waals surface area contributed by atoms with Crippen LogP contribution in [-0.2, 0) is 4.79 Å². The quantitative estimate of drug-likeness (QED) is 0.436. The molecule has 0 unspecified atom stereocenters. The van der Waals surface area contributed by atoms with Gasteiger partial charge in [0.05, 0.1) is 24.8 Å². The van der Waals surface area contributed by atoms with E-state index < -0.39 is 0 Å². The fourth-order valence-electron chi connectivity index (χ4n) is 3.10. The summed E-state index contributed by atoms with van der Waals surface area (Å²) in [4.78, 5) is 15.2. The van der Waals surface area contributed by atoms with E-state index in [1.165, 1.54) is 11.8 Å². The number of amides is 1. The molecule has 0 bridgehead atoms. The first kappa shape index (κ1) is 18.5. The molecular weight excluding hydrogens is 390 g/mol. The fourth-order valence-corrected chi connectivity index (χ4v) is 4.39. The number of thiocarbonyl (C=S) groups is 1. The highest BCUT2D eigenvalue weighted by Gasteiger charge is 2.33. The average Bonchev–Trinajstić information content (AvgIpc) is 3.00. The van der Waals surface area contributed by atoms with Crippen LogP contribution in [0.4, 0.5) is 5.69 Å². The predicted octanol–water partition coefficient (Wildman–Crippen LogP) is 5.26. The molecule has 0 N–H and O–H groups in total. The molecule has 1 saturated heterocycles. The maximum absolute atomic E-state index is 13.1. The Hall–Kier alpha value is -2.83. The van der Waals surface area contributed by atoms with Crippen molar-refractivity contribution in [2.45, 2.75) is 0 Å². The zero-order valence-electron chi connectivity index (χ0n) is 15.3. The van der Waals surface area contributed by atoms with E-state index in [9.17, 15) is 4.79 Å². The Balaban J connectivity index is 1.71. The summed E-state index contributed by atoms with van der Waals surface area (Å²) in [5, 5.41) is 2.18. The van der Waals surface area contributed by atoms with Gasteiger partial charge >= 0.3 is 0 Å². The van der Waals surface area contributed by atoms with Crippen LogP contribution in [0.25, 0.3) is 16.8 Å². The largest absolute Gasteiger partial charge is 0.497 e. The molecule has 4 rings (SSSR count). The van der Waals surface area contributed by atoms with E-state index in [2.05, 4.69) is 0 Å². The van der Waals surface area contributed by atoms with E-state index in [1.807, 2.05) is 60.7 Å². The Morgan fingerprint density at radius 3 is 2.50 bits per heavy atom. The summed E-state index contributed by atoms with van der Waals surface area (Å²) in [6, 6.07) is 19.4. The monoisotopic (exact) mass is 407 g/mol. The van der Waals surface area contributed by atoms with Gasteiger partial charge < -0.3 is 9.47 Å². The molecule has 0 aliphatic carbocycles. The Kier molecular flexibility index (Phi) is 5.07. The lowest BCUT2D eigenvalue weighted by Gasteiger charge is -2.15. The third-order valence-corrected chi connectivity index (χ3v) is 5.81. The van der Waals surface area contributed by atoms with E-state index in [1.54, 1.807) is 25.2 Å². The van der Waals surface area contributed by atoms with Crippen molar-refractivity contribution in [3.8, 4) is 11.5 Å². The lowest BCUT2D eigenvalue weighted by Crippen LogP contribution is -2.27. The first-order valence-electron chi connectivity index (χ1n) is 8.59. The zero-order chi connectivity index (χ0) is 19.7. The second kappa shape index (κ2) is 7.66. The van der Waals surface area contributed by atoms with Gasteiger partial charge in [-0.3, -0.25) is 9.69 Å². The van der Waals surface area contributed by atoms with Crippen molar-refractivity contribution < 1.29 is 14.3 Å². The highest BCUT2D eigenvalue weighted by Crippen LogP contribution is 2.38. The number of ether oxygens (including phenoxy) is 2. The molecule has 28 heavy (non-hydrogen) atoms. The third-order valence-electron chi connectivity index (χ3n) is 4.51. The summed E-state index contributed by atoms with van der Waals surface area (Å²) in [6.45, 7) is 0. The molecule has 0 radical (unpaired) electrons. The van der Waals surface area contributed by atoms with E-state index >= 15 is 0 Å². The summed E-state index contributed by atoms with van der Waals surface area (Å²) in [5.41, 5.74) is 1.53. The smallest absolute Gasteiger partial charge is 0.270 e. The van der Waals surface area contributed by atoms with E-state index in [0.717, 1.165) is 22.0 Å². The van der Waals surface area contributed by atoms with Crippen LogP contribution in [0, 0.1) is 0 Å². The predicted molar refractivity (Wildman–Crippen MR) is 119 cm³/mol. The molecule has 0 saturated carbocycles. The number of hydrogen-bond donors (Lipinski definition) is 0. The van der Waals surface area contributed by atoms with Crippen molar-refractivity contribution in [1.29, 1.82) is 0 Å². The number of fused-ring (bicyclic) bond motifs is 1. The van der Waals surface area contributed by atoms with Crippen LogP contribution in [0.3, 0.4) is 0 Å². The molecular formula is C22H17NO3S2. The maximum Gasteiger partial charge on any atom is 0.270 e. The fraction of sp³-hybridized carbons (Fsp3) is 0.0909. The molecule has 0 spiro atoms. The second-order valence-electron chi connectivity index (χ2n) is 6.16. The molecule has 1 aliphatic heterocycles. The van der Waals surface area contributed by atoms with Gasteiger partial charge in [0.1, 0.15) is 11.5 Å². The second-order valence-corrected chi connectivity index (χ2v) is 7.83. The van der Waals surface area contributed by atoms with Crippen LogP contribution in [0.15, 0.2) is 65.6 Å². The van der Waals surface area contributed by atoms with Crippen LogP contribution < -0.4 is 14.4 Å². The van der Waals surface area contributed by atoms with Gasteiger partial charge in [0.15, 0.2) is 4.32 Å². The molecule has 1 heterocycles. The molecule has 140 valence electrons. The van der Waals surface area contributed by atoms with Gasteiger partial charge in [-0.2, -0.15) is 0 Å². The van der Waals surface area contributed by atoms with Crippen molar-refractivity contribution >= 4 is 56.7 Å². The normalized spacial score (nSPS) is 15.5. The molecule has 1 aliphatic rings. The molecule has 0 atom stereocenters. The Morgan fingerprint density at radius 2 is 1.75 bits per heavy atom. The van der Waals surface area contributed by atoms with Gasteiger partial charge in [-0.05, 0) is 47.2 Å². The number of benzene rings is 3. The Morgan fingerprint density at radius 1 is 0.964 bits per heavy atom. The number of hydrogen-bond acceptors (Lipinski definition) is 5. The van der Waals surface area contributed by atoms with Gasteiger partial charge in [-0.25, -0.2) is 0 Å². The molecule has 4 nitrogen and oxygen atoms in total. The number of methoxy groups -OCH3 is 2. The first-order chi connectivity index (χ1) is 13.6. The third kappa shape index (κ3) is 3.37. The van der Waals surface area contributed by atoms with Crippen LogP contribution >= 0.6 is 24.0 Å². The number of carbonyl (C=O) groups is 1. The van der Waals surface area contributed by atoms with Crippen molar-refractivity contribution in [2.24, 2.45) is 0 Å². The SMILES string of the molecule is COc1ccc(OC)c(/C=C2\SC(=S)N(c3ccc4ccccc4c3)C2=O)c1. The molecule has 0 aromatic heterocycles. The van der Waals surface area contributed by atoms with Gasteiger partial charge in [0.25, 0.3) is 5.91 Å². The lowest BCUT2D eigenvalue weighted by atomic mass is 10.1. The van der Waals surface area contributed by atoms with Crippen LogP contribution in [0.1, 0.15) is 5.56 Å². The minimum Gasteiger partial charge on any atom is -0.497 e. The van der Waals surface area contributed by atoms with Crippen LogP contribution in [0.2, 0.25) is 0 Å². The minimum absolute atomic E-state index is 0.143. The van der Waals surface area contributed by atoms with E-state index in [4.69, 9.17) is 21.7 Å². The number of carbonyl (C=O) groups excluding carboxylic acids is 1. The summed E-state index contributed by atoms with van der Waals surface area (Å²) in [7, 11) is 3.20. The molecule has 1 amide bonds. The van der Waals surface area contributed by atoms with Crippen molar-refractivity contribution in [3.63, 3.8) is 0 Å². The number of rotatable bonds is 4. The highest BCUT2D eigenvalue weighted by molar-refractivity contribution is 8.27. The first-order valence-corrected chi connectivity index (χ1v) is 9.82. The molecule has 6 heteroatoms.